The van der Waals surface area contributed by atoms with E-state index >= 15 is 0 Å². The quantitative estimate of drug-likeness (QED) is 0.905. The van der Waals surface area contributed by atoms with Gasteiger partial charge >= 0.3 is 0 Å². The molecule has 1 unspecified atom stereocenters. The van der Waals surface area contributed by atoms with Crippen LogP contribution >= 0.6 is 11.3 Å². The Balaban J connectivity index is 2.39. The van der Waals surface area contributed by atoms with E-state index in [1.807, 2.05) is 6.92 Å². The Kier molecular flexibility index (Phi) is 4.15. The van der Waals surface area contributed by atoms with Crippen LogP contribution in [0.4, 0.5) is 0 Å². The Labute approximate surface area is 112 Å². The van der Waals surface area contributed by atoms with Crippen LogP contribution in [0.2, 0.25) is 0 Å². The molecule has 0 aliphatic rings. The highest BCUT2D eigenvalue weighted by Gasteiger charge is 2.16. The second-order valence-electron chi connectivity index (χ2n) is 4.63. The van der Waals surface area contributed by atoms with Crippen molar-refractivity contribution in [2.24, 2.45) is 0 Å². The number of benzene rings is 1. The zero-order valence-corrected chi connectivity index (χ0v) is 11.9. The van der Waals surface area contributed by atoms with Crippen molar-refractivity contribution in [1.82, 2.24) is 4.98 Å². The molecule has 1 N–H and O–H groups in total. The Morgan fingerprint density at radius 2 is 2.11 bits per heavy atom. The van der Waals surface area contributed by atoms with Gasteiger partial charge in [0.25, 0.3) is 0 Å². The predicted molar refractivity (Wildman–Crippen MR) is 77.1 cm³/mol. The van der Waals surface area contributed by atoms with Crippen molar-refractivity contribution in [2.45, 2.75) is 33.1 Å². The summed E-state index contributed by atoms with van der Waals surface area (Å²) < 4.78 is 0. The van der Waals surface area contributed by atoms with Gasteiger partial charge in [-0.2, -0.15) is 0 Å². The van der Waals surface area contributed by atoms with Crippen molar-refractivity contribution in [3.63, 3.8) is 0 Å². The van der Waals surface area contributed by atoms with Gasteiger partial charge in [-0.15, -0.1) is 11.3 Å². The SMILES string of the molecule is CCC(CO)c1sc(-c2cccc(C)c2)nc1C. The average Bonchev–Trinajstić information content (AvgIpc) is 2.74. The number of nitrogens with zero attached hydrogens (tertiary/aromatic N) is 1. The molecule has 0 amide bonds. The molecule has 0 saturated heterocycles. The number of aryl methyl sites for hydroxylation is 2. The summed E-state index contributed by atoms with van der Waals surface area (Å²) >= 11 is 1.71. The number of aromatic nitrogens is 1. The second kappa shape index (κ2) is 5.63. The van der Waals surface area contributed by atoms with Crippen molar-refractivity contribution < 1.29 is 5.11 Å². The molecule has 3 heteroatoms. The summed E-state index contributed by atoms with van der Waals surface area (Å²) in [6, 6.07) is 8.40. The largest absolute Gasteiger partial charge is 0.396 e. The Hall–Kier alpha value is -1.19. The summed E-state index contributed by atoms with van der Waals surface area (Å²) in [6.45, 7) is 6.43. The van der Waals surface area contributed by atoms with Crippen molar-refractivity contribution in [2.75, 3.05) is 6.61 Å². The summed E-state index contributed by atoms with van der Waals surface area (Å²) in [6.07, 6.45) is 0.951. The first kappa shape index (κ1) is 13.2. The Bertz CT molecular complexity index is 529. The van der Waals surface area contributed by atoms with Gasteiger partial charge in [-0.05, 0) is 26.3 Å². The zero-order chi connectivity index (χ0) is 13.1. The Morgan fingerprint density at radius 3 is 2.72 bits per heavy atom. The van der Waals surface area contributed by atoms with E-state index < -0.39 is 0 Å². The van der Waals surface area contributed by atoms with Gasteiger partial charge in [-0.3, -0.25) is 0 Å². The van der Waals surface area contributed by atoms with Crippen molar-refractivity contribution in [3.05, 3.63) is 40.4 Å². The van der Waals surface area contributed by atoms with E-state index in [4.69, 9.17) is 0 Å². The second-order valence-corrected chi connectivity index (χ2v) is 5.66. The van der Waals surface area contributed by atoms with Crippen LogP contribution in [-0.4, -0.2) is 16.7 Å². The van der Waals surface area contributed by atoms with E-state index in [2.05, 4.69) is 43.1 Å². The molecule has 2 rings (SSSR count). The molecule has 2 nitrogen and oxygen atoms in total. The highest BCUT2D eigenvalue weighted by molar-refractivity contribution is 7.15. The third-order valence-corrected chi connectivity index (χ3v) is 4.55. The first-order valence-electron chi connectivity index (χ1n) is 6.31. The Morgan fingerprint density at radius 1 is 1.33 bits per heavy atom. The zero-order valence-electron chi connectivity index (χ0n) is 11.1. The fourth-order valence-electron chi connectivity index (χ4n) is 2.09. The molecule has 96 valence electrons. The maximum Gasteiger partial charge on any atom is 0.123 e. The highest BCUT2D eigenvalue weighted by atomic mass is 32.1. The van der Waals surface area contributed by atoms with Gasteiger partial charge in [0.05, 0.1) is 12.3 Å². The molecule has 1 heterocycles. The number of aliphatic hydroxyl groups excluding tert-OH is 1. The lowest BCUT2D eigenvalue weighted by Gasteiger charge is -2.08. The summed E-state index contributed by atoms with van der Waals surface area (Å²) in [5.41, 5.74) is 3.47. The van der Waals surface area contributed by atoms with Crippen LogP contribution in [0.3, 0.4) is 0 Å². The minimum atomic E-state index is 0.201. The van der Waals surface area contributed by atoms with Crippen LogP contribution in [0.25, 0.3) is 10.6 Å². The number of thiazole rings is 1. The van der Waals surface area contributed by atoms with Crippen LogP contribution in [-0.2, 0) is 0 Å². The van der Waals surface area contributed by atoms with E-state index in [1.165, 1.54) is 16.0 Å². The summed E-state index contributed by atoms with van der Waals surface area (Å²) in [5.74, 6) is 0.223. The molecular formula is C15H19NOS. The van der Waals surface area contributed by atoms with Crippen molar-refractivity contribution in [3.8, 4) is 10.6 Å². The molecular weight excluding hydrogens is 242 g/mol. The average molecular weight is 261 g/mol. The predicted octanol–water partition coefficient (Wildman–Crippen LogP) is 3.91. The molecule has 1 aromatic heterocycles. The normalized spacial score (nSPS) is 12.7. The molecule has 0 fully saturated rings. The molecule has 1 aromatic carbocycles. The fourth-order valence-corrected chi connectivity index (χ4v) is 3.32. The molecule has 0 aliphatic heterocycles. The highest BCUT2D eigenvalue weighted by Crippen LogP contribution is 2.34. The third-order valence-electron chi connectivity index (χ3n) is 3.18. The van der Waals surface area contributed by atoms with E-state index in [0.29, 0.717) is 0 Å². The van der Waals surface area contributed by atoms with E-state index in [-0.39, 0.29) is 12.5 Å². The van der Waals surface area contributed by atoms with E-state index in [9.17, 15) is 5.11 Å². The van der Waals surface area contributed by atoms with Crippen LogP contribution in [0.5, 0.6) is 0 Å². The number of rotatable bonds is 4. The number of aliphatic hydroxyl groups is 1. The molecule has 0 aliphatic carbocycles. The lowest BCUT2D eigenvalue weighted by Crippen LogP contribution is -2.01. The first-order valence-corrected chi connectivity index (χ1v) is 7.12. The van der Waals surface area contributed by atoms with Gasteiger partial charge in [-0.1, -0.05) is 30.7 Å². The molecule has 0 radical (unpaired) electrons. The minimum absolute atomic E-state index is 0.201. The first-order chi connectivity index (χ1) is 8.65. The maximum absolute atomic E-state index is 9.41. The topological polar surface area (TPSA) is 33.1 Å². The van der Waals surface area contributed by atoms with E-state index in [0.717, 1.165) is 17.1 Å². The van der Waals surface area contributed by atoms with Gasteiger partial charge in [-0.25, -0.2) is 4.98 Å². The van der Waals surface area contributed by atoms with E-state index in [1.54, 1.807) is 11.3 Å². The summed E-state index contributed by atoms with van der Waals surface area (Å²) in [7, 11) is 0. The number of hydrogen-bond acceptors (Lipinski definition) is 3. The van der Waals surface area contributed by atoms with Crippen LogP contribution in [0, 0.1) is 13.8 Å². The smallest absolute Gasteiger partial charge is 0.123 e. The molecule has 2 aromatic rings. The van der Waals surface area contributed by atoms with Gasteiger partial charge < -0.3 is 5.11 Å². The minimum Gasteiger partial charge on any atom is -0.396 e. The lowest BCUT2D eigenvalue weighted by atomic mass is 10.1. The summed E-state index contributed by atoms with van der Waals surface area (Å²) in [4.78, 5) is 5.87. The monoisotopic (exact) mass is 261 g/mol. The summed E-state index contributed by atoms with van der Waals surface area (Å²) in [5, 5.41) is 10.5. The molecule has 0 spiro atoms. The molecule has 0 saturated carbocycles. The molecule has 18 heavy (non-hydrogen) atoms. The van der Waals surface area contributed by atoms with Gasteiger partial charge in [0.15, 0.2) is 0 Å². The van der Waals surface area contributed by atoms with Gasteiger partial charge in [0.1, 0.15) is 5.01 Å². The van der Waals surface area contributed by atoms with Crippen molar-refractivity contribution >= 4 is 11.3 Å². The third kappa shape index (κ3) is 2.62. The van der Waals surface area contributed by atoms with Crippen molar-refractivity contribution in [1.29, 1.82) is 0 Å². The standard InChI is InChI=1S/C15H19NOS/c1-4-12(9-17)14-11(3)16-15(18-14)13-7-5-6-10(2)8-13/h5-8,12,17H,4,9H2,1-3H3. The van der Waals surface area contributed by atoms with Gasteiger partial charge in [0.2, 0.25) is 0 Å². The number of hydrogen-bond donors (Lipinski definition) is 1. The van der Waals surface area contributed by atoms with Gasteiger partial charge in [0, 0.05) is 16.4 Å². The molecule has 0 bridgehead atoms. The van der Waals surface area contributed by atoms with Crippen LogP contribution < -0.4 is 0 Å². The molecule has 1 atom stereocenters. The lowest BCUT2D eigenvalue weighted by molar-refractivity contribution is 0.263. The fraction of sp³-hybridized carbons (Fsp3) is 0.400. The van der Waals surface area contributed by atoms with Crippen LogP contribution in [0.1, 0.15) is 35.4 Å². The van der Waals surface area contributed by atoms with Crippen LogP contribution in [0.15, 0.2) is 24.3 Å². The maximum atomic E-state index is 9.41.